The van der Waals surface area contributed by atoms with Gasteiger partial charge in [-0.25, -0.2) is 0 Å². The summed E-state index contributed by atoms with van der Waals surface area (Å²) in [5.41, 5.74) is 4.08. The van der Waals surface area contributed by atoms with Crippen LogP contribution >= 0.6 is 0 Å². The zero-order valence-electron chi connectivity index (χ0n) is 12.1. The highest BCUT2D eigenvalue weighted by Crippen LogP contribution is 2.21. The topological polar surface area (TPSA) is 54.0 Å². The van der Waals surface area contributed by atoms with Gasteiger partial charge < -0.3 is 10.6 Å². The maximum absolute atomic E-state index is 12.3. The van der Waals surface area contributed by atoms with Crippen LogP contribution in [0.25, 0.3) is 0 Å². The molecule has 1 atom stereocenters. The minimum atomic E-state index is -0.181. The minimum Gasteiger partial charge on any atom is -0.324 e. The Hall–Kier alpha value is -2.20. The lowest BCUT2D eigenvalue weighted by atomic mass is 10.1. The maximum Gasteiger partial charge on any atom is 0.241 e. The summed E-state index contributed by atoms with van der Waals surface area (Å²) in [6.07, 6.45) is 1.70. The number of amides is 1. The zero-order valence-corrected chi connectivity index (χ0v) is 12.1. The number of hydrogen-bond acceptors (Lipinski definition) is 3. The molecule has 1 aliphatic heterocycles. The van der Waals surface area contributed by atoms with Crippen LogP contribution in [0.3, 0.4) is 0 Å². The first-order valence-electron chi connectivity index (χ1n) is 7.27. The monoisotopic (exact) mass is 281 g/mol. The number of nitrogens with zero attached hydrogens (tertiary/aromatic N) is 1. The van der Waals surface area contributed by atoms with Gasteiger partial charge in [-0.3, -0.25) is 9.78 Å². The van der Waals surface area contributed by atoms with Crippen molar-refractivity contribution in [2.24, 2.45) is 0 Å². The Balaban J connectivity index is 1.66. The molecule has 4 heteroatoms. The van der Waals surface area contributed by atoms with Crippen LogP contribution in [0.15, 0.2) is 42.5 Å². The summed E-state index contributed by atoms with van der Waals surface area (Å²) >= 11 is 0. The van der Waals surface area contributed by atoms with Crippen molar-refractivity contribution in [3.8, 4) is 0 Å². The van der Waals surface area contributed by atoms with Crippen LogP contribution in [-0.4, -0.2) is 16.9 Å². The van der Waals surface area contributed by atoms with Crippen molar-refractivity contribution >= 4 is 11.6 Å². The van der Waals surface area contributed by atoms with E-state index < -0.39 is 0 Å². The predicted octanol–water partition coefficient (Wildman–Crippen LogP) is 2.43. The molecule has 1 aliphatic rings. The highest BCUT2D eigenvalue weighted by Gasteiger charge is 2.22. The molecule has 1 amide bonds. The first-order chi connectivity index (χ1) is 10.2. The van der Waals surface area contributed by atoms with Crippen LogP contribution < -0.4 is 10.6 Å². The number of anilines is 1. The molecule has 4 nitrogen and oxygen atoms in total. The van der Waals surface area contributed by atoms with Gasteiger partial charge in [0.15, 0.2) is 0 Å². The van der Waals surface area contributed by atoms with E-state index in [9.17, 15) is 4.79 Å². The van der Waals surface area contributed by atoms with Gasteiger partial charge in [0.25, 0.3) is 0 Å². The Morgan fingerprint density at radius 2 is 2.10 bits per heavy atom. The van der Waals surface area contributed by atoms with Gasteiger partial charge in [-0.1, -0.05) is 24.3 Å². The summed E-state index contributed by atoms with van der Waals surface area (Å²) in [5.74, 6) is 0.0348. The van der Waals surface area contributed by atoms with E-state index in [2.05, 4.69) is 21.7 Å². The molecule has 0 spiro atoms. The Kier molecular flexibility index (Phi) is 3.97. The second-order valence-electron chi connectivity index (χ2n) is 5.39. The number of pyridine rings is 1. The zero-order chi connectivity index (χ0) is 14.7. The van der Waals surface area contributed by atoms with Crippen molar-refractivity contribution in [2.75, 3.05) is 5.32 Å². The number of fused-ring (bicyclic) bond motifs is 1. The highest BCUT2D eigenvalue weighted by atomic mass is 16.2. The molecule has 3 rings (SSSR count). The molecule has 0 saturated carbocycles. The number of aromatic nitrogens is 1. The molecular formula is C17H19N3O. The molecule has 0 fully saturated rings. The van der Waals surface area contributed by atoms with Crippen molar-refractivity contribution in [3.63, 3.8) is 0 Å². The van der Waals surface area contributed by atoms with Crippen LogP contribution in [0.4, 0.5) is 5.69 Å². The summed E-state index contributed by atoms with van der Waals surface area (Å²) < 4.78 is 0. The Labute approximate surface area is 124 Å². The van der Waals surface area contributed by atoms with E-state index in [1.807, 2.05) is 43.3 Å². The second kappa shape index (κ2) is 6.06. The maximum atomic E-state index is 12.3. The molecule has 2 aromatic rings. The van der Waals surface area contributed by atoms with E-state index in [-0.39, 0.29) is 11.9 Å². The molecule has 2 N–H and O–H groups in total. The predicted molar refractivity (Wildman–Crippen MR) is 83.0 cm³/mol. The fourth-order valence-electron chi connectivity index (χ4n) is 2.63. The lowest BCUT2D eigenvalue weighted by Gasteiger charge is -2.15. The van der Waals surface area contributed by atoms with E-state index in [0.29, 0.717) is 6.54 Å². The number of nitrogens with one attached hydrogen (secondary N) is 2. The summed E-state index contributed by atoms with van der Waals surface area (Å²) in [5, 5.41) is 6.31. The van der Waals surface area contributed by atoms with Crippen molar-refractivity contribution in [2.45, 2.75) is 32.4 Å². The first kappa shape index (κ1) is 13.8. The van der Waals surface area contributed by atoms with Crippen LogP contribution in [0, 0.1) is 6.92 Å². The van der Waals surface area contributed by atoms with Gasteiger partial charge in [0.05, 0.1) is 11.7 Å². The van der Waals surface area contributed by atoms with E-state index >= 15 is 0 Å². The SMILES string of the molecule is Cc1cccc(CNC2CCc3ccccc3NC2=O)n1. The number of carbonyl (C=O) groups is 1. The first-order valence-corrected chi connectivity index (χ1v) is 7.27. The van der Waals surface area contributed by atoms with E-state index in [1.54, 1.807) is 0 Å². The van der Waals surface area contributed by atoms with Crippen molar-refractivity contribution < 1.29 is 4.79 Å². The van der Waals surface area contributed by atoms with Crippen LogP contribution in [0.5, 0.6) is 0 Å². The molecule has 0 aliphatic carbocycles. The molecule has 108 valence electrons. The number of carbonyl (C=O) groups excluding carboxylic acids is 1. The Morgan fingerprint density at radius 3 is 2.95 bits per heavy atom. The van der Waals surface area contributed by atoms with Crippen LogP contribution in [0.1, 0.15) is 23.4 Å². The van der Waals surface area contributed by atoms with Gasteiger partial charge in [-0.2, -0.15) is 0 Å². The average molecular weight is 281 g/mol. The summed E-state index contributed by atoms with van der Waals surface area (Å²) in [6, 6.07) is 13.7. The smallest absolute Gasteiger partial charge is 0.241 e. The summed E-state index contributed by atoms with van der Waals surface area (Å²) in [4.78, 5) is 16.7. The molecule has 2 heterocycles. The standard InChI is InChI=1S/C17H19N3O/c1-12-5-4-7-14(19-12)11-18-16-10-9-13-6-2-3-8-15(13)20-17(16)21/h2-8,16,18H,9-11H2,1H3,(H,20,21). The van der Waals surface area contributed by atoms with Crippen LogP contribution in [-0.2, 0) is 17.8 Å². The average Bonchev–Trinajstić information content (AvgIpc) is 2.64. The number of para-hydroxylation sites is 1. The molecule has 0 saturated heterocycles. The molecule has 1 unspecified atom stereocenters. The number of benzene rings is 1. The van der Waals surface area contributed by atoms with Gasteiger partial charge in [0.2, 0.25) is 5.91 Å². The minimum absolute atomic E-state index is 0.0348. The Bertz CT molecular complexity index is 654. The molecular weight excluding hydrogens is 262 g/mol. The van der Waals surface area contributed by atoms with Crippen molar-refractivity contribution in [1.29, 1.82) is 0 Å². The van der Waals surface area contributed by atoms with E-state index in [4.69, 9.17) is 0 Å². The highest BCUT2D eigenvalue weighted by molar-refractivity contribution is 5.96. The molecule has 0 bridgehead atoms. The van der Waals surface area contributed by atoms with Crippen molar-refractivity contribution in [3.05, 3.63) is 59.4 Å². The molecule has 1 aromatic heterocycles. The normalized spacial score (nSPS) is 17.8. The van der Waals surface area contributed by atoms with E-state index in [0.717, 1.165) is 29.9 Å². The third-order valence-corrected chi connectivity index (χ3v) is 3.77. The number of aryl methyl sites for hydroxylation is 2. The fourth-order valence-corrected chi connectivity index (χ4v) is 2.63. The van der Waals surface area contributed by atoms with Gasteiger partial charge in [-0.05, 0) is 43.5 Å². The van der Waals surface area contributed by atoms with Crippen molar-refractivity contribution in [1.82, 2.24) is 10.3 Å². The van der Waals surface area contributed by atoms with Gasteiger partial charge >= 0.3 is 0 Å². The third kappa shape index (κ3) is 3.28. The number of rotatable bonds is 3. The van der Waals surface area contributed by atoms with Gasteiger partial charge in [-0.15, -0.1) is 0 Å². The second-order valence-corrected chi connectivity index (χ2v) is 5.39. The lowest BCUT2D eigenvalue weighted by Crippen LogP contribution is -2.39. The van der Waals surface area contributed by atoms with Crippen LogP contribution in [0.2, 0.25) is 0 Å². The molecule has 1 aromatic carbocycles. The number of hydrogen-bond donors (Lipinski definition) is 2. The Morgan fingerprint density at radius 1 is 1.24 bits per heavy atom. The third-order valence-electron chi connectivity index (χ3n) is 3.77. The quantitative estimate of drug-likeness (QED) is 0.908. The summed E-state index contributed by atoms with van der Waals surface area (Å²) in [6.45, 7) is 2.58. The largest absolute Gasteiger partial charge is 0.324 e. The van der Waals surface area contributed by atoms with E-state index in [1.165, 1.54) is 5.56 Å². The fraction of sp³-hybridized carbons (Fsp3) is 0.294. The lowest BCUT2D eigenvalue weighted by molar-refractivity contribution is -0.118. The summed E-state index contributed by atoms with van der Waals surface area (Å²) in [7, 11) is 0. The molecule has 21 heavy (non-hydrogen) atoms. The molecule has 0 radical (unpaired) electrons. The van der Waals surface area contributed by atoms with Gasteiger partial charge in [0.1, 0.15) is 0 Å². The van der Waals surface area contributed by atoms with Gasteiger partial charge in [0, 0.05) is 17.9 Å².